The third kappa shape index (κ3) is 6.17. The van der Waals surface area contributed by atoms with Gasteiger partial charge in [0.2, 0.25) is 0 Å². The summed E-state index contributed by atoms with van der Waals surface area (Å²) in [7, 11) is 6.14. The van der Waals surface area contributed by atoms with Crippen molar-refractivity contribution >= 4 is 5.82 Å². The molecule has 1 aliphatic rings. The number of pyridine rings is 1. The number of piperazine rings is 1. The monoisotopic (exact) mass is 416 g/mol. The van der Waals surface area contributed by atoms with Crippen molar-refractivity contribution in [2.75, 3.05) is 72.0 Å². The summed E-state index contributed by atoms with van der Waals surface area (Å²) in [4.78, 5) is 19.8. The van der Waals surface area contributed by atoms with E-state index < -0.39 is 0 Å². The molecule has 9 heteroatoms. The van der Waals surface area contributed by atoms with E-state index in [1.165, 1.54) is 0 Å². The number of ether oxygens (including phenoxy) is 3. The Hall–Kier alpha value is -2.65. The summed E-state index contributed by atoms with van der Waals surface area (Å²) in [6.07, 6.45) is 5.05. The zero-order chi connectivity index (χ0) is 21.3. The molecule has 0 saturated carbocycles. The first kappa shape index (κ1) is 22.0. The first-order chi connectivity index (χ1) is 14.5. The normalized spacial score (nSPS) is 17.2. The molecule has 2 aromatic rings. The molecule has 1 fully saturated rings. The van der Waals surface area contributed by atoms with Gasteiger partial charge in [-0.05, 0) is 40.2 Å². The predicted octanol–water partition coefficient (Wildman–Crippen LogP) is 1.41. The Kier molecular flexibility index (Phi) is 8.04. The third-order valence-corrected chi connectivity index (χ3v) is 4.84. The molecule has 0 bridgehead atoms. The van der Waals surface area contributed by atoms with Crippen molar-refractivity contribution in [2.45, 2.75) is 13.0 Å². The SMILES string of the molecule is CC1CN(C)CCN1c1nccnc1OCCOc1cccnc1OCCN(C)C. The van der Waals surface area contributed by atoms with Gasteiger partial charge in [0.1, 0.15) is 19.8 Å². The summed E-state index contributed by atoms with van der Waals surface area (Å²) in [5, 5.41) is 0. The van der Waals surface area contributed by atoms with Crippen LogP contribution in [0.3, 0.4) is 0 Å². The lowest BCUT2D eigenvalue weighted by molar-refractivity contribution is 0.195. The van der Waals surface area contributed by atoms with Gasteiger partial charge < -0.3 is 28.9 Å². The van der Waals surface area contributed by atoms with E-state index in [2.05, 4.69) is 43.6 Å². The second kappa shape index (κ2) is 10.9. The Bertz CT molecular complexity index is 791. The Morgan fingerprint density at radius 2 is 1.70 bits per heavy atom. The second-order valence-electron chi connectivity index (χ2n) is 7.65. The van der Waals surface area contributed by atoms with E-state index in [4.69, 9.17) is 14.2 Å². The van der Waals surface area contributed by atoms with Gasteiger partial charge in [0, 0.05) is 50.8 Å². The van der Waals surface area contributed by atoms with Crippen molar-refractivity contribution in [3.63, 3.8) is 0 Å². The lowest BCUT2D eigenvalue weighted by Crippen LogP contribution is -2.51. The Morgan fingerprint density at radius 1 is 0.967 bits per heavy atom. The molecule has 1 atom stereocenters. The average Bonchev–Trinajstić information content (AvgIpc) is 2.72. The first-order valence-electron chi connectivity index (χ1n) is 10.3. The van der Waals surface area contributed by atoms with Crippen LogP contribution in [0, 0.1) is 0 Å². The standard InChI is InChI=1S/C21H32N6O3/c1-17-16-26(4)10-11-27(17)19-21(24-9-8-22-19)30-15-14-28-18-6-5-7-23-20(18)29-13-12-25(2)3/h5-9,17H,10-16H2,1-4H3. The molecule has 3 heterocycles. The Balaban J connectivity index is 1.53. The van der Waals surface area contributed by atoms with Gasteiger partial charge in [-0.15, -0.1) is 0 Å². The van der Waals surface area contributed by atoms with Gasteiger partial charge in [-0.2, -0.15) is 0 Å². The zero-order valence-electron chi connectivity index (χ0n) is 18.3. The van der Waals surface area contributed by atoms with Crippen LogP contribution in [0.4, 0.5) is 5.82 Å². The highest BCUT2D eigenvalue weighted by Gasteiger charge is 2.25. The third-order valence-electron chi connectivity index (χ3n) is 4.84. The van der Waals surface area contributed by atoms with Crippen LogP contribution in [0.2, 0.25) is 0 Å². The number of hydrogen-bond donors (Lipinski definition) is 0. The van der Waals surface area contributed by atoms with Gasteiger partial charge in [-0.3, -0.25) is 0 Å². The fraction of sp³-hybridized carbons (Fsp3) is 0.571. The molecule has 0 radical (unpaired) electrons. The lowest BCUT2D eigenvalue weighted by Gasteiger charge is -2.39. The number of rotatable bonds is 10. The molecule has 9 nitrogen and oxygen atoms in total. The van der Waals surface area contributed by atoms with Gasteiger partial charge in [0.15, 0.2) is 11.6 Å². The van der Waals surface area contributed by atoms with Gasteiger partial charge in [-0.1, -0.05) is 0 Å². The molecule has 0 aliphatic carbocycles. The Morgan fingerprint density at radius 3 is 2.50 bits per heavy atom. The molecular weight excluding hydrogens is 384 g/mol. The van der Waals surface area contributed by atoms with E-state index in [1.54, 1.807) is 18.6 Å². The summed E-state index contributed by atoms with van der Waals surface area (Å²) in [6.45, 7) is 7.11. The minimum absolute atomic E-state index is 0.344. The van der Waals surface area contributed by atoms with Crippen molar-refractivity contribution in [1.29, 1.82) is 0 Å². The van der Waals surface area contributed by atoms with Crippen LogP contribution < -0.4 is 19.1 Å². The summed E-state index contributed by atoms with van der Waals surface area (Å²) in [5.74, 6) is 2.41. The largest absolute Gasteiger partial charge is 0.484 e. The van der Waals surface area contributed by atoms with E-state index in [-0.39, 0.29) is 0 Å². The molecule has 30 heavy (non-hydrogen) atoms. The number of nitrogens with zero attached hydrogens (tertiary/aromatic N) is 6. The van der Waals surface area contributed by atoms with E-state index in [0.29, 0.717) is 43.4 Å². The molecule has 0 N–H and O–H groups in total. The fourth-order valence-corrected chi connectivity index (χ4v) is 3.28. The summed E-state index contributed by atoms with van der Waals surface area (Å²) >= 11 is 0. The topological polar surface area (TPSA) is 76.1 Å². The lowest BCUT2D eigenvalue weighted by atomic mass is 10.2. The summed E-state index contributed by atoms with van der Waals surface area (Å²) in [5.41, 5.74) is 0. The quantitative estimate of drug-likeness (QED) is 0.534. The highest BCUT2D eigenvalue weighted by atomic mass is 16.5. The van der Waals surface area contributed by atoms with Crippen molar-refractivity contribution in [2.24, 2.45) is 0 Å². The molecule has 0 amide bonds. The second-order valence-corrected chi connectivity index (χ2v) is 7.65. The molecule has 1 aliphatic heterocycles. The number of hydrogen-bond acceptors (Lipinski definition) is 9. The van der Waals surface area contributed by atoms with E-state index in [1.807, 2.05) is 26.2 Å². The average molecular weight is 417 g/mol. The minimum atomic E-state index is 0.344. The van der Waals surface area contributed by atoms with Crippen LogP contribution in [0.15, 0.2) is 30.7 Å². The van der Waals surface area contributed by atoms with Gasteiger partial charge in [0.25, 0.3) is 11.8 Å². The smallest absolute Gasteiger partial charge is 0.257 e. The Labute approximate surface area is 178 Å². The van der Waals surface area contributed by atoms with Crippen LogP contribution in [-0.4, -0.2) is 97.9 Å². The molecule has 0 aromatic carbocycles. The van der Waals surface area contributed by atoms with E-state index >= 15 is 0 Å². The molecule has 0 spiro atoms. The van der Waals surface area contributed by atoms with Crippen LogP contribution in [0.25, 0.3) is 0 Å². The number of aromatic nitrogens is 3. The molecule has 2 aromatic heterocycles. The highest BCUT2D eigenvalue weighted by Crippen LogP contribution is 2.27. The zero-order valence-corrected chi connectivity index (χ0v) is 18.3. The van der Waals surface area contributed by atoms with Crippen molar-refractivity contribution in [1.82, 2.24) is 24.8 Å². The van der Waals surface area contributed by atoms with Crippen LogP contribution in [0.5, 0.6) is 17.5 Å². The van der Waals surface area contributed by atoms with Crippen LogP contribution in [0.1, 0.15) is 6.92 Å². The van der Waals surface area contributed by atoms with Crippen molar-refractivity contribution in [3.8, 4) is 17.5 Å². The maximum absolute atomic E-state index is 5.92. The summed E-state index contributed by atoms with van der Waals surface area (Å²) < 4.78 is 17.5. The number of anilines is 1. The molecule has 1 saturated heterocycles. The van der Waals surface area contributed by atoms with Crippen LogP contribution in [-0.2, 0) is 0 Å². The maximum atomic E-state index is 5.92. The predicted molar refractivity (Wildman–Crippen MR) is 116 cm³/mol. The molecule has 1 unspecified atom stereocenters. The first-order valence-corrected chi connectivity index (χ1v) is 10.3. The van der Waals surface area contributed by atoms with E-state index in [9.17, 15) is 0 Å². The van der Waals surface area contributed by atoms with Gasteiger partial charge in [0.05, 0.1) is 0 Å². The van der Waals surface area contributed by atoms with E-state index in [0.717, 1.165) is 32.0 Å². The van der Waals surface area contributed by atoms with Crippen molar-refractivity contribution < 1.29 is 14.2 Å². The fourth-order valence-electron chi connectivity index (χ4n) is 3.28. The minimum Gasteiger partial charge on any atom is -0.484 e. The molecule has 3 rings (SSSR count). The molecular formula is C21H32N6O3. The summed E-state index contributed by atoms with van der Waals surface area (Å²) in [6, 6.07) is 4.01. The van der Waals surface area contributed by atoms with Crippen LogP contribution >= 0.6 is 0 Å². The maximum Gasteiger partial charge on any atom is 0.257 e. The van der Waals surface area contributed by atoms with Gasteiger partial charge in [-0.25, -0.2) is 15.0 Å². The molecule has 164 valence electrons. The number of likely N-dealkylation sites (N-methyl/N-ethyl adjacent to an activating group) is 2. The van der Waals surface area contributed by atoms with Crippen molar-refractivity contribution in [3.05, 3.63) is 30.7 Å². The highest BCUT2D eigenvalue weighted by molar-refractivity contribution is 5.49. The van der Waals surface area contributed by atoms with Gasteiger partial charge >= 0.3 is 0 Å².